The fourth-order valence-corrected chi connectivity index (χ4v) is 3.41. The molecule has 1 aromatic heterocycles. The second-order valence-electron chi connectivity index (χ2n) is 5.77. The minimum atomic E-state index is -0.292. The number of aromatic nitrogens is 1. The van der Waals surface area contributed by atoms with Crippen LogP contribution in [-0.2, 0) is 16.0 Å². The second-order valence-corrected chi connectivity index (χ2v) is 6.80. The molecule has 2 amide bonds. The number of nitrogens with zero attached hydrogens (tertiary/aromatic N) is 2. The lowest BCUT2D eigenvalue weighted by Gasteiger charge is -2.24. The van der Waals surface area contributed by atoms with Gasteiger partial charge in [0.25, 0.3) is 5.91 Å². The number of nitrogens with one attached hydrogen (secondary N) is 2. The molecule has 3 rings (SSSR count). The summed E-state index contributed by atoms with van der Waals surface area (Å²) in [7, 11) is 1.60. The SMILES string of the molecule is CCCCc1ccc2nc(NC(=O)C3=CCC(=O)N(C)N3)sc2c1. The van der Waals surface area contributed by atoms with E-state index in [2.05, 4.69) is 34.8 Å². The molecule has 0 radical (unpaired) electrons. The van der Waals surface area contributed by atoms with E-state index in [0.29, 0.717) is 10.8 Å². The lowest BCUT2D eigenvalue weighted by atomic mass is 10.1. The van der Waals surface area contributed by atoms with Crippen LogP contribution in [0.15, 0.2) is 30.0 Å². The maximum atomic E-state index is 12.3. The van der Waals surface area contributed by atoms with E-state index in [-0.39, 0.29) is 18.2 Å². The maximum Gasteiger partial charge on any atom is 0.275 e. The second kappa shape index (κ2) is 7.00. The first-order valence-corrected chi connectivity index (χ1v) is 8.82. The first-order chi connectivity index (χ1) is 11.6. The first kappa shape index (κ1) is 16.4. The Morgan fingerprint density at radius 2 is 2.29 bits per heavy atom. The average Bonchev–Trinajstić information content (AvgIpc) is 2.96. The predicted molar refractivity (Wildman–Crippen MR) is 95.5 cm³/mol. The lowest BCUT2D eigenvalue weighted by Crippen LogP contribution is -2.44. The number of aryl methyl sites for hydroxylation is 1. The standard InChI is InChI=1S/C17H20N4O2S/c1-3-4-5-11-6-7-12-14(10-11)24-17(18-12)19-16(23)13-8-9-15(22)21(2)20-13/h6-8,10,20H,3-5,9H2,1-2H3,(H,18,19,23). The zero-order valence-electron chi connectivity index (χ0n) is 13.8. The summed E-state index contributed by atoms with van der Waals surface area (Å²) in [6.07, 6.45) is 5.20. The topological polar surface area (TPSA) is 74.3 Å². The van der Waals surface area contributed by atoms with Crippen molar-refractivity contribution in [1.29, 1.82) is 0 Å². The van der Waals surface area contributed by atoms with Gasteiger partial charge in [-0.05, 0) is 36.6 Å². The Labute approximate surface area is 144 Å². The average molecular weight is 344 g/mol. The molecule has 0 saturated heterocycles. The monoisotopic (exact) mass is 344 g/mol. The van der Waals surface area contributed by atoms with Crippen molar-refractivity contribution in [2.75, 3.05) is 12.4 Å². The van der Waals surface area contributed by atoms with Crippen LogP contribution >= 0.6 is 11.3 Å². The van der Waals surface area contributed by atoms with E-state index in [1.807, 2.05) is 6.07 Å². The number of carbonyl (C=O) groups is 2. The highest BCUT2D eigenvalue weighted by atomic mass is 32.1. The highest BCUT2D eigenvalue weighted by Gasteiger charge is 2.20. The van der Waals surface area contributed by atoms with E-state index >= 15 is 0 Å². The van der Waals surface area contributed by atoms with Crippen molar-refractivity contribution in [3.05, 3.63) is 35.5 Å². The molecule has 0 aliphatic carbocycles. The molecule has 2 heterocycles. The van der Waals surface area contributed by atoms with E-state index in [1.54, 1.807) is 13.1 Å². The number of hydrogen-bond donors (Lipinski definition) is 2. The minimum Gasteiger partial charge on any atom is -0.296 e. The van der Waals surface area contributed by atoms with E-state index in [1.165, 1.54) is 34.8 Å². The summed E-state index contributed by atoms with van der Waals surface area (Å²) in [4.78, 5) is 28.2. The molecule has 0 atom stereocenters. The smallest absolute Gasteiger partial charge is 0.275 e. The highest BCUT2D eigenvalue weighted by Crippen LogP contribution is 2.27. The molecule has 2 N–H and O–H groups in total. The van der Waals surface area contributed by atoms with Gasteiger partial charge in [-0.1, -0.05) is 30.7 Å². The van der Waals surface area contributed by atoms with Crippen molar-refractivity contribution < 1.29 is 9.59 Å². The first-order valence-electron chi connectivity index (χ1n) is 8.01. The quantitative estimate of drug-likeness (QED) is 0.875. The zero-order chi connectivity index (χ0) is 17.1. The Morgan fingerprint density at radius 1 is 1.46 bits per heavy atom. The van der Waals surface area contributed by atoms with Crippen LogP contribution in [-0.4, -0.2) is 28.9 Å². The van der Waals surface area contributed by atoms with E-state index in [9.17, 15) is 9.59 Å². The van der Waals surface area contributed by atoms with Crippen LogP contribution in [0.5, 0.6) is 0 Å². The molecular formula is C17H20N4O2S. The van der Waals surface area contributed by atoms with Crippen LogP contribution < -0.4 is 10.7 Å². The van der Waals surface area contributed by atoms with E-state index < -0.39 is 0 Å². The molecule has 0 unspecified atom stereocenters. The van der Waals surface area contributed by atoms with Gasteiger partial charge in [0, 0.05) is 13.5 Å². The molecule has 126 valence electrons. The summed E-state index contributed by atoms with van der Waals surface area (Å²) >= 11 is 1.46. The van der Waals surface area contributed by atoms with Gasteiger partial charge in [-0.2, -0.15) is 0 Å². The van der Waals surface area contributed by atoms with Gasteiger partial charge in [0.15, 0.2) is 5.13 Å². The lowest BCUT2D eigenvalue weighted by molar-refractivity contribution is -0.132. The summed E-state index contributed by atoms with van der Waals surface area (Å²) < 4.78 is 1.07. The Hall–Kier alpha value is -2.41. The Balaban J connectivity index is 1.73. The fourth-order valence-electron chi connectivity index (χ4n) is 2.48. The molecule has 7 heteroatoms. The third-order valence-corrected chi connectivity index (χ3v) is 4.81. The van der Waals surface area contributed by atoms with Crippen molar-refractivity contribution in [3.8, 4) is 0 Å². The van der Waals surface area contributed by atoms with Crippen LogP contribution in [0.4, 0.5) is 5.13 Å². The molecule has 2 aromatic rings. The normalized spacial score (nSPS) is 14.5. The molecular weight excluding hydrogens is 324 g/mol. The number of benzene rings is 1. The molecule has 6 nitrogen and oxygen atoms in total. The summed E-state index contributed by atoms with van der Waals surface area (Å²) in [6.45, 7) is 2.18. The molecule has 0 spiro atoms. The van der Waals surface area contributed by atoms with Crippen LogP contribution in [0.25, 0.3) is 10.2 Å². The van der Waals surface area contributed by atoms with Gasteiger partial charge in [-0.15, -0.1) is 0 Å². The number of rotatable bonds is 5. The van der Waals surface area contributed by atoms with Gasteiger partial charge in [0.1, 0.15) is 5.70 Å². The number of amides is 2. The van der Waals surface area contributed by atoms with Crippen LogP contribution in [0.2, 0.25) is 0 Å². The van der Waals surface area contributed by atoms with Crippen molar-refractivity contribution >= 4 is 38.5 Å². The van der Waals surface area contributed by atoms with Gasteiger partial charge >= 0.3 is 0 Å². The highest BCUT2D eigenvalue weighted by molar-refractivity contribution is 7.22. The summed E-state index contributed by atoms with van der Waals surface area (Å²) in [5.74, 6) is -0.370. The van der Waals surface area contributed by atoms with Crippen molar-refractivity contribution in [3.63, 3.8) is 0 Å². The van der Waals surface area contributed by atoms with Crippen molar-refractivity contribution in [1.82, 2.24) is 15.4 Å². The predicted octanol–water partition coefficient (Wildman–Crippen LogP) is 2.83. The molecule has 1 aliphatic rings. The van der Waals surface area contributed by atoms with Gasteiger partial charge in [0.2, 0.25) is 5.91 Å². The summed E-state index contributed by atoms with van der Waals surface area (Å²) in [5, 5.41) is 4.67. The van der Waals surface area contributed by atoms with Gasteiger partial charge < -0.3 is 0 Å². The van der Waals surface area contributed by atoms with Crippen LogP contribution in [0.1, 0.15) is 31.7 Å². The Bertz CT molecular complexity index is 812. The molecule has 0 fully saturated rings. The number of thiazole rings is 1. The number of hydrogen-bond acceptors (Lipinski definition) is 5. The number of unbranched alkanes of at least 4 members (excludes halogenated alkanes) is 1. The van der Waals surface area contributed by atoms with Crippen LogP contribution in [0, 0.1) is 0 Å². The minimum absolute atomic E-state index is 0.0776. The molecule has 1 aliphatic heterocycles. The third-order valence-electron chi connectivity index (χ3n) is 3.88. The maximum absolute atomic E-state index is 12.3. The summed E-state index contributed by atoms with van der Waals surface area (Å²) in [5.41, 5.74) is 5.30. The number of hydrazine groups is 1. The molecule has 0 bridgehead atoms. The Kier molecular flexibility index (Phi) is 4.80. The van der Waals surface area contributed by atoms with E-state index in [4.69, 9.17) is 0 Å². The van der Waals surface area contributed by atoms with Crippen molar-refractivity contribution in [2.24, 2.45) is 0 Å². The van der Waals surface area contributed by atoms with Gasteiger partial charge in [-0.3, -0.25) is 25.3 Å². The number of carbonyl (C=O) groups excluding carboxylic acids is 2. The van der Waals surface area contributed by atoms with Crippen molar-refractivity contribution in [2.45, 2.75) is 32.6 Å². The third kappa shape index (κ3) is 3.56. The number of anilines is 1. The van der Waals surface area contributed by atoms with Crippen LogP contribution in [0.3, 0.4) is 0 Å². The Morgan fingerprint density at radius 3 is 3.04 bits per heavy atom. The molecule has 0 saturated carbocycles. The molecule has 1 aromatic carbocycles. The number of fused-ring (bicyclic) bond motifs is 1. The summed E-state index contributed by atoms with van der Waals surface area (Å²) in [6, 6.07) is 6.23. The largest absolute Gasteiger partial charge is 0.296 e. The van der Waals surface area contributed by atoms with Gasteiger partial charge in [0.05, 0.1) is 10.2 Å². The van der Waals surface area contributed by atoms with Gasteiger partial charge in [-0.25, -0.2) is 4.98 Å². The molecule has 24 heavy (non-hydrogen) atoms. The zero-order valence-corrected chi connectivity index (χ0v) is 14.6. The van der Waals surface area contributed by atoms with E-state index in [0.717, 1.165) is 16.6 Å². The fraction of sp³-hybridized carbons (Fsp3) is 0.353.